The zero-order chi connectivity index (χ0) is 12.2. The molecule has 0 rings (SSSR count). The molecule has 1 N–H and O–H groups in total. The van der Waals surface area contributed by atoms with E-state index in [1.807, 2.05) is 0 Å². The Morgan fingerprint density at radius 1 is 1.12 bits per heavy atom. The number of hydrogen-bond acceptors (Lipinski definition) is 2. The fourth-order valence-corrected chi connectivity index (χ4v) is 2.05. The second-order valence-corrected chi connectivity index (χ2v) is 5.18. The van der Waals surface area contributed by atoms with E-state index in [-0.39, 0.29) is 0 Å². The summed E-state index contributed by atoms with van der Waals surface area (Å²) in [6, 6.07) is 0. The van der Waals surface area contributed by atoms with Gasteiger partial charge in [-0.2, -0.15) is 0 Å². The van der Waals surface area contributed by atoms with Crippen LogP contribution >= 0.6 is 0 Å². The molecule has 2 nitrogen and oxygen atoms in total. The quantitative estimate of drug-likeness (QED) is 0.548. The van der Waals surface area contributed by atoms with Crippen molar-refractivity contribution in [1.29, 1.82) is 0 Å². The zero-order valence-corrected chi connectivity index (χ0v) is 11.7. The average molecular weight is 229 g/mol. The van der Waals surface area contributed by atoms with Gasteiger partial charge < -0.3 is 10.1 Å². The molecule has 0 aromatic carbocycles. The minimum Gasteiger partial charge on any atom is -0.383 e. The Bertz CT molecular complexity index is 137. The maximum absolute atomic E-state index is 5.03. The Balaban J connectivity index is 3.53. The minimum atomic E-state index is 0.824. The number of rotatable bonds is 11. The highest BCUT2D eigenvalue weighted by molar-refractivity contribution is 4.63. The van der Waals surface area contributed by atoms with E-state index in [2.05, 4.69) is 26.1 Å². The third-order valence-electron chi connectivity index (χ3n) is 3.01. The maximum atomic E-state index is 5.03. The van der Waals surface area contributed by atoms with E-state index >= 15 is 0 Å². The lowest BCUT2D eigenvalue weighted by atomic mass is 9.94. The Kier molecular flexibility index (Phi) is 11.3. The van der Waals surface area contributed by atoms with Crippen molar-refractivity contribution in [2.24, 2.45) is 11.8 Å². The molecule has 0 saturated heterocycles. The summed E-state index contributed by atoms with van der Waals surface area (Å²) in [6.07, 6.45) is 6.80. The van der Waals surface area contributed by atoms with Crippen molar-refractivity contribution in [3.63, 3.8) is 0 Å². The lowest BCUT2D eigenvalue weighted by Crippen LogP contribution is -2.26. The van der Waals surface area contributed by atoms with E-state index in [4.69, 9.17) is 4.74 Å². The van der Waals surface area contributed by atoms with Crippen LogP contribution in [0.5, 0.6) is 0 Å². The SMILES string of the molecule is CCCC(CCCC(C)C)CNCCOC. The highest BCUT2D eigenvalue weighted by Gasteiger charge is 2.07. The summed E-state index contributed by atoms with van der Waals surface area (Å²) in [4.78, 5) is 0. The van der Waals surface area contributed by atoms with Crippen LogP contribution in [0.4, 0.5) is 0 Å². The van der Waals surface area contributed by atoms with Crippen LogP contribution in [0.15, 0.2) is 0 Å². The highest BCUT2D eigenvalue weighted by Crippen LogP contribution is 2.16. The van der Waals surface area contributed by atoms with E-state index in [0.717, 1.165) is 31.5 Å². The fraction of sp³-hybridized carbons (Fsp3) is 1.00. The van der Waals surface area contributed by atoms with Gasteiger partial charge in [0.25, 0.3) is 0 Å². The maximum Gasteiger partial charge on any atom is 0.0587 e. The predicted molar refractivity (Wildman–Crippen MR) is 71.8 cm³/mol. The van der Waals surface area contributed by atoms with Crippen molar-refractivity contribution in [2.75, 3.05) is 26.8 Å². The average Bonchev–Trinajstić information content (AvgIpc) is 2.23. The third-order valence-corrected chi connectivity index (χ3v) is 3.01. The van der Waals surface area contributed by atoms with Gasteiger partial charge in [0.2, 0.25) is 0 Å². The summed E-state index contributed by atoms with van der Waals surface area (Å²) in [5.41, 5.74) is 0. The van der Waals surface area contributed by atoms with Crippen LogP contribution in [0.3, 0.4) is 0 Å². The number of methoxy groups -OCH3 is 1. The van der Waals surface area contributed by atoms with Gasteiger partial charge in [0.1, 0.15) is 0 Å². The van der Waals surface area contributed by atoms with Gasteiger partial charge >= 0.3 is 0 Å². The smallest absolute Gasteiger partial charge is 0.0587 e. The number of nitrogens with one attached hydrogen (secondary N) is 1. The Morgan fingerprint density at radius 2 is 1.88 bits per heavy atom. The van der Waals surface area contributed by atoms with E-state index < -0.39 is 0 Å². The first-order chi connectivity index (χ1) is 7.70. The van der Waals surface area contributed by atoms with Crippen LogP contribution < -0.4 is 5.32 Å². The van der Waals surface area contributed by atoms with Crippen LogP contribution in [0.25, 0.3) is 0 Å². The first-order valence-corrected chi connectivity index (χ1v) is 6.90. The third kappa shape index (κ3) is 10.4. The molecule has 0 aliphatic carbocycles. The van der Waals surface area contributed by atoms with Crippen LogP contribution in [-0.2, 0) is 4.74 Å². The van der Waals surface area contributed by atoms with Crippen LogP contribution in [0.2, 0.25) is 0 Å². The Morgan fingerprint density at radius 3 is 2.44 bits per heavy atom. The van der Waals surface area contributed by atoms with E-state index in [9.17, 15) is 0 Å². The molecule has 0 fully saturated rings. The van der Waals surface area contributed by atoms with Crippen LogP contribution in [-0.4, -0.2) is 26.8 Å². The topological polar surface area (TPSA) is 21.3 Å². The van der Waals surface area contributed by atoms with E-state index in [1.165, 1.54) is 32.1 Å². The summed E-state index contributed by atoms with van der Waals surface area (Å²) in [6.45, 7) is 9.88. The van der Waals surface area contributed by atoms with Gasteiger partial charge in [0, 0.05) is 13.7 Å². The molecule has 98 valence electrons. The summed E-state index contributed by atoms with van der Waals surface area (Å²) in [5, 5.41) is 3.48. The molecule has 0 heterocycles. The second-order valence-electron chi connectivity index (χ2n) is 5.18. The predicted octanol–water partition coefficient (Wildman–Crippen LogP) is 3.47. The molecular weight excluding hydrogens is 198 g/mol. The standard InChI is InChI=1S/C14H31NO/c1-5-7-14(9-6-8-13(2)3)12-15-10-11-16-4/h13-15H,5-12H2,1-4H3. The van der Waals surface area contributed by atoms with Crippen molar-refractivity contribution >= 4 is 0 Å². The number of hydrogen-bond donors (Lipinski definition) is 1. The summed E-state index contributed by atoms with van der Waals surface area (Å²) in [7, 11) is 1.76. The van der Waals surface area contributed by atoms with Gasteiger partial charge in [-0.05, 0) is 31.2 Å². The number of ether oxygens (including phenoxy) is 1. The molecule has 0 spiro atoms. The molecular formula is C14H31NO. The van der Waals surface area contributed by atoms with Gasteiger partial charge in [-0.25, -0.2) is 0 Å². The Hall–Kier alpha value is -0.0800. The van der Waals surface area contributed by atoms with Gasteiger partial charge in [-0.15, -0.1) is 0 Å². The molecule has 2 heteroatoms. The second kappa shape index (κ2) is 11.4. The zero-order valence-electron chi connectivity index (χ0n) is 11.7. The lowest BCUT2D eigenvalue weighted by molar-refractivity contribution is 0.197. The van der Waals surface area contributed by atoms with E-state index in [1.54, 1.807) is 7.11 Å². The molecule has 16 heavy (non-hydrogen) atoms. The monoisotopic (exact) mass is 229 g/mol. The summed E-state index contributed by atoms with van der Waals surface area (Å²) >= 11 is 0. The van der Waals surface area contributed by atoms with Gasteiger partial charge in [-0.3, -0.25) is 0 Å². The van der Waals surface area contributed by atoms with Crippen molar-refractivity contribution in [3.05, 3.63) is 0 Å². The summed E-state index contributed by atoms with van der Waals surface area (Å²) in [5.74, 6) is 1.71. The molecule has 0 aliphatic heterocycles. The highest BCUT2D eigenvalue weighted by atomic mass is 16.5. The van der Waals surface area contributed by atoms with Crippen LogP contribution in [0.1, 0.15) is 52.9 Å². The first-order valence-electron chi connectivity index (χ1n) is 6.90. The normalized spacial score (nSPS) is 13.3. The lowest BCUT2D eigenvalue weighted by Gasteiger charge is -2.17. The van der Waals surface area contributed by atoms with Gasteiger partial charge in [-0.1, -0.05) is 40.0 Å². The van der Waals surface area contributed by atoms with Crippen molar-refractivity contribution in [2.45, 2.75) is 52.9 Å². The molecule has 0 amide bonds. The van der Waals surface area contributed by atoms with Crippen molar-refractivity contribution in [1.82, 2.24) is 5.32 Å². The molecule has 1 atom stereocenters. The largest absolute Gasteiger partial charge is 0.383 e. The molecule has 0 saturated carbocycles. The molecule has 0 aromatic heterocycles. The van der Waals surface area contributed by atoms with Gasteiger partial charge in [0.05, 0.1) is 6.61 Å². The summed E-state index contributed by atoms with van der Waals surface area (Å²) < 4.78 is 5.03. The van der Waals surface area contributed by atoms with Crippen molar-refractivity contribution < 1.29 is 4.74 Å². The minimum absolute atomic E-state index is 0.824. The molecule has 0 radical (unpaired) electrons. The van der Waals surface area contributed by atoms with Crippen LogP contribution in [0, 0.1) is 11.8 Å². The fourth-order valence-electron chi connectivity index (χ4n) is 2.05. The van der Waals surface area contributed by atoms with Crippen molar-refractivity contribution in [3.8, 4) is 0 Å². The van der Waals surface area contributed by atoms with Gasteiger partial charge in [0.15, 0.2) is 0 Å². The molecule has 0 bridgehead atoms. The molecule has 1 unspecified atom stereocenters. The molecule has 0 aromatic rings. The first kappa shape index (κ1) is 15.9. The Labute approximate surface area is 102 Å². The molecule has 0 aliphatic rings. The van der Waals surface area contributed by atoms with E-state index in [0.29, 0.717) is 0 Å².